The van der Waals surface area contributed by atoms with Crippen LogP contribution in [0.3, 0.4) is 0 Å². The van der Waals surface area contributed by atoms with Gasteiger partial charge in [-0.1, -0.05) is 0 Å². The zero-order valence-corrected chi connectivity index (χ0v) is 12.3. The summed E-state index contributed by atoms with van der Waals surface area (Å²) >= 11 is 1.52. The summed E-state index contributed by atoms with van der Waals surface area (Å²) in [6.45, 7) is 1.28. The van der Waals surface area contributed by atoms with Crippen molar-refractivity contribution in [2.45, 2.75) is 29.8 Å². The zero-order valence-electron chi connectivity index (χ0n) is 11.4. The molecule has 2 rings (SSSR count). The third-order valence-electron chi connectivity index (χ3n) is 3.52. The summed E-state index contributed by atoms with van der Waals surface area (Å²) < 4.78 is 18.5. The van der Waals surface area contributed by atoms with Crippen LogP contribution in [0.4, 0.5) is 4.39 Å². The second-order valence-electron chi connectivity index (χ2n) is 4.91. The first-order valence-electron chi connectivity index (χ1n) is 6.52. The molecule has 0 spiro atoms. The highest BCUT2D eigenvalue weighted by molar-refractivity contribution is 7.98. The lowest BCUT2D eigenvalue weighted by atomic mass is 9.90. The third-order valence-corrected chi connectivity index (χ3v) is 4.36. The normalized spacial score (nSPS) is 17.8. The molecule has 0 saturated carbocycles. The van der Waals surface area contributed by atoms with Crippen LogP contribution in [0, 0.1) is 5.82 Å². The Morgan fingerprint density at radius 1 is 1.50 bits per heavy atom. The number of thioether (sulfide) groups is 1. The first kappa shape index (κ1) is 15.3. The highest BCUT2D eigenvalue weighted by Crippen LogP contribution is 2.22. The Morgan fingerprint density at radius 2 is 2.20 bits per heavy atom. The molecule has 110 valence electrons. The Bertz CT molecular complexity index is 490. The van der Waals surface area contributed by atoms with E-state index in [4.69, 9.17) is 10.5 Å². The number of ether oxygens (including phenoxy) is 1. The van der Waals surface area contributed by atoms with Crippen LogP contribution in [0.2, 0.25) is 0 Å². The molecule has 0 atom stereocenters. The SMILES string of the molecule is CSc1ccc(F)cc1CNC(=O)C1(N)CCOCC1. The van der Waals surface area contributed by atoms with Gasteiger partial charge < -0.3 is 15.8 Å². The lowest BCUT2D eigenvalue weighted by Gasteiger charge is -2.31. The number of carbonyl (C=O) groups excluding carboxylic acids is 1. The quantitative estimate of drug-likeness (QED) is 0.830. The molecule has 6 heteroatoms. The van der Waals surface area contributed by atoms with Crippen molar-refractivity contribution in [1.82, 2.24) is 5.32 Å². The second kappa shape index (κ2) is 6.56. The van der Waals surface area contributed by atoms with Gasteiger partial charge in [-0.15, -0.1) is 11.8 Å². The number of halogens is 1. The maximum atomic E-state index is 13.3. The Balaban J connectivity index is 2.01. The van der Waals surface area contributed by atoms with Gasteiger partial charge in [-0.05, 0) is 42.9 Å². The van der Waals surface area contributed by atoms with Crippen molar-refractivity contribution in [3.63, 3.8) is 0 Å². The van der Waals surface area contributed by atoms with Crippen molar-refractivity contribution < 1.29 is 13.9 Å². The first-order valence-corrected chi connectivity index (χ1v) is 7.75. The molecule has 0 aliphatic carbocycles. The summed E-state index contributed by atoms with van der Waals surface area (Å²) in [6.07, 6.45) is 2.94. The van der Waals surface area contributed by atoms with Gasteiger partial charge in [0.25, 0.3) is 0 Å². The molecule has 1 heterocycles. The van der Waals surface area contributed by atoms with Gasteiger partial charge in [0.1, 0.15) is 5.82 Å². The molecule has 1 aliphatic heterocycles. The monoisotopic (exact) mass is 298 g/mol. The van der Waals surface area contributed by atoms with E-state index in [9.17, 15) is 9.18 Å². The molecular weight excluding hydrogens is 279 g/mol. The summed E-state index contributed by atoms with van der Waals surface area (Å²) in [5.74, 6) is -0.502. The Morgan fingerprint density at radius 3 is 2.85 bits per heavy atom. The lowest BCUT2D eigenvalue weighted by Crippen LogP contribution is -2.56. The topological polar surface area (TPSA) is 64.4 Å². The van der Waals surface area contributed by atoms with Gasteiger partial charge in [0.15, 0.2) is 0 Å². The van der Waals surface area contributed by atoms with E-state index in [0.717, 1.165) is 10.5 Å². The Labute approximate surface area is 122 Å². The molecule has 0 aromatic heterocycles. The van der Waals surface area contributed by atoms with Crippen molar-refractivity contribution in [3.05, 3.63) is 29.6 Å². The molecule has 0 bridgehead atoms. The van der Waals surface area contributed by atoms with Crippen LogP contribution in [0.1, 0.15) is 18.4 Å². The van der Waals surface area contributed by atoms with Crippen LogP contribution >= 0.6 is 11.8 Å². The van der Waals surface area contributed by atoms with Crippen LogP contribution in [0.5, 0.6) is 0 Å². The number of nitrogens with one attached hydrogen (secondary N) is 1. The molecule has 1 aliphatic rings. The summed E-state index contributed by atoms with van der Waals surface area (Å²) in [6, 6.07) is 4.58. The van der Waals surface area contributed by atoms with E-state index in [1.807, 2.05) is 6.26 Å². The molecule has 1 amide bonds. The molecule has 20 heavy (non-hydrogen) atoms. The molecule has 1 saturated heterocycles. The van der Waals surface area contributed by atoms with Gasteiger partial charge >= 0.3 is 0 Å². The summed E-state index contributed by atoms with van der Waals surface area (Å²) in [5.41, 5.74) is 5.99. The minimum Gasteiger partial charge on any atom is -0.381 e. The molecule has 1 aromatic carbocycles. The standard InChI is InChI=1S/C14H19FN2O2S/c1-20-12-3-2-11(15)8-10(12)9-17-13(18)14(16)4-6-19-7-5-14/h2-3,8H,4-7,9,16H2,1H3,(H,17,18). The molecule has 3 N–H and O–H groups in total. The Kier molecular flexibility index (Phi) is 5.01. The van der Waals surface area contributed by atoms with Crippen molar-refractivity contribution in [2.24, 2.45) is 5.73 Å². The summed E-state index contributed by atoms with van der Waals surface area (Å²) in [4.78, 5) is 13.1. The largest absolute Gasteiger partial charge is 0.381 e. The summed E-state index contributed by atoms with van der Waals surface area (Å²) in [5, 5.41) is 2.81. The molecule has 0 radical (unpaired) electrons. The van der Waals surface area contributed by atoms with Crippen LogP contribution in [0.15, 0.2) is 23.1 Å². The number of rotatable bonds is 4. The predicted molar refractivity (Wildman–Crippen MR) is 77.0 cm³/mol. The van der Waals surface area contributed by atoms with Crippen LogP contribution in [0.25, 0.3) is 0 Å². The molecular formula is C14H19FN2O2S. The maximum Gasteiger partial charge on any atom is 0.240 e. The molecule has 4 nitrogen and oxygen atoms in total. The molecule has 1 aromatic rings. The van der Waals surface area contributed by atoms with Crippen LogP contribution in [-0.2, 0) is 16.1 Å². The van der Waals surface area contributed by atoms with Gasteiger partial charge in [-0.25, -0.2) is 4.39 Å². The lowest BCUT2D eigenvalue weighted by molar-refractivity contribution is -0.129. The minimum atomic E-state index is -0.870. The highest BCUT2D eigenvalue weighted by Gasteiger charge is 2.35. The third kappa shape index (κ3) is 3.50. The second-order valence-corrected chi connectivity index (χ2v) is 5.76. The number of nitrogens with two attached hydrogens (primary N) is 1. The minimum absolute atomic E-state index is 0.197. The van der Waals surface area contributed by atoms with Gasteiger partial charge in [-0.3, -0.25) is 4.79 Å². The fourth-order valence-electron chi connectivity index (χ4n) is 2.20. The number of hydrogen-bond donors (Lipinski definition) is 2. The molecule has 0 unspecified atom stereocenters. The Hall–Kier alpha value is -1.11. The van der Waals surface area contributed by atoms with Crippen molar-refractivity contribution >= 4 is 17.7 Å². The van der Waals surface area contributed by atoms with Gasteiger partial charge in [0.05, 0.1) is 5.54 Å². The van der Waals surface area contributed by atoms with E-state index in [0.29, 0.717) is 26.1 Å². The van der Waals surface area contributed by atoms with Crippen LogP contribution < -0.4 is 11.1 Å². The number of carbonyl (C=O) groups is 1. The average molecular weight is 298 g/mol. The van der Waals surface area contributed by atoms with E-state index in [1.54, 1.807) is 6.07 Å². The number of amides is 1. The van der Waals surface area contributed by atoms with Gasteiger partial charge in [0.2, 0.25) is 5.91 Å². The molecule has 1 fully saturated rings. The fraction of sp³-hybridized carbons (Fsp3) is 0.500. The van der Waals surface area contributed by atoms with E-state index in [1.165, 1.54) is 23.9 Å². The first-order chi connectivity index (χ1) is 9.55. The van der Waals surface area contributed by atoms with Crippen molar-refractivity contribution in [1.29, 1.82) is 0 Å². The van der Waals surface area contributed by atoms with E-state index >= 15 is 0 Å². The van der Waals surface area contributed by atoms with Gasteiger partial charge in [0, 0.05) is 24.7 Å². The smallest absolute Gasteiger partial charge is 0.240 e. The van der Waals surface area contributed by atoms with Crippen molar-refractivity contribution in [3.8, 4) is 0 Å². The highest BCUT2D eigenvalue weighted by atomic mass is 32.2. The van der Waals surface area contributed by atoms with E-state index in [2.05, 4.69) is 5.32 Å². The maximum absolute atomic E-state index is 13.3. The zero-order chi connectivity index (χ0) is 14.6. The number of hydrogen-bond acceptors (Lipinski definition) is 4. The average Bonchev–Trinajstić information content (AvgIpc) is 2.45. The van der Waals surface area contributed by atoms with E-state index in [-0.39, 0.29) is 18.3 Å². The van der Waals surface area contributed by atoms with Crippen molar-refractivity contribution in [2.75, 3.05) is 19.5 Å². The van der Waals surface area contributed by atoms with Crippen LogP contribution in [-0.4, -0.2) is 30.9 Å². The summed E-state index contributed by atoms with van der Waals surface area (Å²) in [7, 11) is 0. The van der Waals surface area contributed by atoms with E-state index < -0.39 is 5.54 Å². The number of benzene rings is 1. The fourth-order valence-corrected chi connectivity index (χ4v) is 2.80. The predicted octanol–water partition coefficient (Wildman–Crippen LogP) is 1.67. The van der Waals surface area contributed by atoms with Gasteiger partial charge in [-0.2, -0.15) is 0 Å².